The number of carboxylic acid groups (broad SMARTS) is 1. The van der Waals surface area contributed by atoms with Gasteiger partial charge in [0.05, 0.1) is 5.01 Å². The molecule has 2 aromatic heterocycles. The number of nitrogens with zero attached hydrogens (tertiary/aromatic N) is 3. The third-order valence-electron chi connectivity index (χ3n) is 5.70. The molecule has 0 fully saturated rings. The minimum Gasteiger partial charge on any atom is -0.480 e. The van der Waals surface area contributed by atoms with Crippen LogP contribution in [0.1, 0.15) is 27.7 Å². The number of thiazole rings is 2. The fourth-order valence-electron chi connectivity index (χ4n) is 4.10. The highest BCUT2D eigenvalue weighted by molar-refractivity contribution is 7.14. The van der Waals surface area contributed by atoms with E-state index in [-0.39, 0.29) is 18.9 Å². The lowest BCUT2D eigenvalue weighted by atomic mass is 9.98. The summed E-state index contributed by atoms with van der Waals surface area (Å²) in [4.78, 5) is 32.9. The smallest absolute Gasteiger partial charge is 0.407 e. The number of nitrogens with one attached hydrogen (secondary N) is 1. The van der Waals surface area contributed by atoms with Crippen LogP contribution in [-0.2, 0) is 16.0 Å². The van der Waals surface area contributed by atoms with Crippen molar-refractivity contribution < 1.29 is 19.4 Å². The zero-order valence-electron chi connectivity index (χ0n) is 18.2. The van der Waals surface area contributed by atoms with Crippen LogP contribution in [0.25, 0.3) is 21.8 Å². The number of aliphatic carboxylic acids is 1. The van der Waals surface area contributed by atoms with E-state index >= 15 is 0 Å². The second-order valence-corrected chi connectivity index (χ2v) is 9.64. The molecule has 1 unspecified atom stereocenters. The van der Waals surface area contributed by atoms with E-state index in [0.29, 0.717) is 21.4 Å². The van der Waals surface area contributed by atoms with E-state index < -0.39 is 18.1 Å². The molecular formula is C25H18N4O4S2. The Bertz CT molecular complexity index is 1410. The van der Waals surface area contributed by atoms with Gasteiger partial charge in [0.15, 0.2) is 5.69 Å². The molecule has 10 heteroatoms. The molecule has 35 heavy (non-hydrogen) atoms. The maximum absolute atomic E-state index is 12.5. The second kappa shape index (κ2) is 9.66. The van der Waals surface area contributed by atoms with Crippen molar-refractivity contribution in [3.63, 3.8) is 0 Å². The largest absolute Gasteiger partial charge is 0.480 e. The van der Waals surface area contributed by atoms with Crippen molar-refractivity contribution in [3.05, 3.63) is 81.1 Å². The van der Waals surface area contributed by atoms with E-state index in [1.165, 1.54) is 22.7 Å². The fourth-order valence-corrected chi connectivity index (χ4v) is 5.71. The Balaban J connectivity index is 1.23. The van der Waals surface area contributed by atoms with Crippen molar-refractivity contribution in [2.24, 2.45) is 0 Å². The normalized spacial score (nSPS) is 12.9. The summed E-state index contributed by atoms with van der Waals surface area (Å²) in [5.74, 6) is -1.30. The van der Waals surface area contributed by atoms with Crippen molar-refractivity contribution in [2.75, 3.05) is 6.61 Å². The number of rotatable bonds is 7. The molecule has 5 rings (SSSR count). The summed E-state index contributed by atoms with van der Waals surface area (Å²) in [5.41, 5.74) is 5.26. The number of aromatic nitrogens is 2. The Morgan fingerprint density at radius 3 is 2.37 bits per heavy atom. The van der Waals surface area contributed by atoms with Gasteiger partial charge in [-0.25, -0.2) is 19.6 Å². The number of amides is 1. The average molecular weight is 503 g/mol. The van der Waals surface area contributed by atoms with E-state index in [9.17, 15) is 14.7 Å². The van der Waals surface area contributed by atoms with E-state index in [2.05, 4.69) is 15.3 Å². The number of hydrogen-bond donors (Lipinski definition) is 2. The Morgan fingerprint density at radius 2 is 1.74 bits per heavy atom. The van der Waals surface area contributed by atoms with E-state index in [4.69, 9.17) is 10.00 Å². The van der Waals surface area contributed by atoms with Gasteiger partial charge in [-0.1, -0.05) is 48.5 Å². The molecule has 1 amide bonds. The van der Waals surface area contributed by atoms with Crippen molar-refractivity contribution >= 4 is 34.7 Å². The molecule has 8 nitrogen and oxygen atoms in total. The monoisotopic (exact) mass is 502 g/mol. The lowest BCUT2D eigenvalue weighted by Crippen LogP contribution is -2.42. The van der Waals surface area contributed by atoms with E-state index in [1.54, 1.807) is 10.8 Å². The Hall–Kier alpha value is -4.07. The van der Waals surface area contributed by atoms with Crippen molar-refractivity contribution in [3.8, 4) is 27.9 Å². The molecule has 2 aromatic carbocycles. The molecule has 4 aromatic rings. The topological polar surface area (TPSA) is 125 Å². The average Bonchev–Trinajstić information content (AvgIpc) is 3.60. The quantitative estimate of drug-likeness (QED) is 0.376. The van der Waals surface area contributed by atoms with Gasteiger partial charge in [0.1, 0.15) is 29.4 Å². The lowest BCUT2D eigenvalue weighted by molar-refractivity contribution is -0.139. The van der Waals surface area contributed by atoms with Gasteiger partial charge >= 0.3 is 12.1 Å². The van der Waals surface area contributed by atoms with Crippen LogP contribution in [0, 0.1) is 11.3 Å². The van der Waals surface area contributed by atoms with Crippen LogP contribution in [0.3, 0.4) is 0 Å². The molecule has 1 aliphatic carbocycles. The van der Waals surface area contributed by atoms with Crippen LogP contribution in [0.2, 0.25) is 0 Å². The van der Waals surface area contributed by atoms with Gasteiger partial charge in [0.25, 0.3) is 0 Å². The van der Waals surface area contributed by atoms with Gasteiger partial charge in [-0.2, -0.15) is 5.26 Å². The molecule has 2 heterocycles. The summed E-state index contributed by atoms with van der Waals surface area (Å²) >= 11 is 2.56. The first-order chi connectivity index (χ1) is 17.0. The van der Waals surface area contributed by atoms with Crippen LogP contribution >= 0.6 is 22.7 Å². The minimum atomic E-state index is -1.20. The van der Waals surface area contributed by atoms with Crippen LogP contribution in [0.5, 0.6) is 0 Å². The predicted molar refractivity (Wildman–Crippen MR) is 131 cm³/mol. The first kappa shape index (κ1) is 22.7. The third kappa shape index (κ3) is 4.64. The van der Waals surface area contributed by atoms with Gasteiger partial charge in [0.2, 0.25) is 0 Å². The zero-order valence-corrected chi connectivity index (χ0v) is 19.8. The number of fused-ring (bicyclic) bond motifs is 3. The molecule has 0 bridgehead atoms. The van der Waals surface area contributed by atoms with Crippen molar-refractivity contribution in [2.45, 2.75) is 18.4 Å². The molecule has 0 radical (unpaired) electrons. The van der Waals surface area contributed by atoms with Crippen molar-refractivity contribution in [1.29, 1.82) is 5.26 Å². The Kier molecular flexibility index (Phi) is 6.27. The summed E-state index contributed by atoms with van der Waals surface area (Å²) in [7, 11) is 0. The number of carbonyl (C=O) groups is 2. The van der Waals surface area contributed by atoms with E-state index in [1.807, 2.05) is 54.6 Å². The Labute approximate surface area is 208 Å². The summed E-state index contributed by atoms with van der Waals surface area (Å²) in [6.45, 7) is 0.0961. The molecule has 174 valence electrons. The molecule has 0 aliphatic heterocycles. The van der Waals surface area contributed by atoms with E-state index in [0.717, 1.165) is 22.3 Å². The predicted octanol–water partition coefficient (Wildman–Crippen LogP) is 4.67. The van der Waals surface area contributed by atoms with Gasteiger partial charge in [0, 0.05) is 23.1 Å². The highest BCUT2D eigenvalue weighted by Gasteiger charge is 2.30. The summed E-state index contributed by atoms with van der Waals surface area (Å²) in [6.07, 6.45) is -0.796. The first-order valence-electron chi connectivity index (χ1n) is 10.7. The molecule has 0 spiro atoms. The number of carboxylic acids is 1. The van der Waals surface area contributed by atoms with Crippen LogP contribution in [0.4, 0.5) is 4.79 Å². The third-order valence-corrected chi connectivity index (χ3v) is 7.44. The molecule has 2 N–H and O–H groups in total. The lowest BCUT2D eigenvalue weighted by Gasteiger charge is -2.17. The van der Waals surface area contributed by atoms with Crippen LogP contribution in [-0.4, -0.2) is 39.8 Å². The maximum atomic E-state index is 12.5. The maximum Gasteiger partial charge on any atom is 0.407 e. The molecule has 1 atom stereocenters. The second-order valence-electron chi connectivity index (χ2n) is 7.84. The fraction of sp³-hybridized carbons (Fsp3) is 0.160. The van der Waals surface area contributed by atoms with Gasteiger partial charge in [-0.05, 0) is 22.3 Å². The van der Waals surface area contributed by atoms with Gasteiger partial charge in [-0.3, -0.25) is 0 Å². The number of carbonyl (C=O) groups excluding carboxylic acids is 1. The minimum absolute atomic E-state index is 0.000672. The SMILES string of the molecule is N#Cc1csc(-c2csc(CC(NC(=O)OCC3c4ccccc4-c4ccccc43)C(=O)O)n2)n1. The standard InChI is InChI=1S/C25H18N4O4S2/c26-10-14-12-35-23(27-14)21-13-34-22(28-21)9-20(24(30)31)29-25(32)33-11-19-17-7-3-1-5-15(17)16-6-2-4-8-18(16)19/h1-8,12-13,19-20H,9,11H2,(H,29,32)(H,30,31). The number of hydrogen-bond acceptors (Lipinski definition) is 8. The van der Waals surface area contributed by atoms with Crippen molar-refractivity contribution in [1.82, 2.24) is 15.3 Å². The Morgan fingerprint density at radius 1 is 1.06 bits per heavy atom. The highest BCUT2D eigenvalue weighted by Crippen LogP contribution is 2.44. The highest BCUT2D eigenvalue weighted by atomic mass is 32.1. The number of alkyl carbamates (subject to hydrolysis) is 1. The summed E-state index contributed by atoms with van der Waals surface area (Å²) < 4.78 is 5.48. The molecule has 0 saturated carbocycles. The zero-order chi connectivity index (χ0) is 24.4. The van der Waals surface area contributed by atoms with Crippen LogP contribution < -0.4 is 5.32 Å². The molecule has 1 aliphatic rings. The molecule has 0 saturated heterocycles. The number of ether oxygens (including phenoxy) is 1. The summed E-state index contributed by atoms with van der Waals surface area (Å²) in [6, 6.07) is 16.8. The summed E-state index contributed by atoms with van der Waals surface area (Å²) in [5, 5.41) is 25.5. The van der Waals surface area contributed by atoms with Gasteiger partial charge in [-0.15, -0.1) is 22.7 Å². The number of benzene rings is 2. The number of nitriles is 1. The first-order valence-corrected chi connectivity index (χ1v) is 12.4. The van der Waals surface area contributed by atoms with Gasteiger partial charge < -0.3 is 15.2 Å². The molecular weight excluding hydrogens is 484 g/mol. The van der Waals surface area contributed by atoms with Crippen LogP contribution in [0.15, 0.2) is 59.3 Å².